The lowest BCUT2D eigenvalue weighted by Gasteiger charge is -2.10. The average molecular weight is 490 g/mol. The van der Waals surface area contributed by atoms with Gasteiger partial charge in [0.1, 0.15) is 0 Å². The molecular weight excluding hydrogens is 473 g/mol. The normalized spacial score (nSPS) is 10.9. The van der Waals surface area contributed by atoms with Crippen LogP contribution in [-0.2, 0) is 0 Å². The van der Waals surface area contributed by atoms with Crippen LogP contribution < -0.4 is 5.32 Å². The van der Waals surface area contributed by atoms with E-state index in [2.05, 4.69) is 15.5 Å². The summed E-state index contributed by atoms with van der Waals surface area (Å²) in [5.74, 6) is 0.500. The fraction of sp³-hybridized carbons (Fsp3) is 0.0400. The number of benzene rings is 3. The number of carbonyl (C=O) groups is 1. The van der Waals surface area contributed by atoms with Gasteiger partial charge >= 0.3 is 0 Å². The molecule has 2 heterocycles. The molecule has 0 aliphatic heterocycles. The van der Waals surface area contributed by atoms with Crippen molar-refractivity contribution in [1.82, 2.24) is 20.0 Å². The van der Waals surface area contributed by atoms with Crippen LogP contribution in [0.3, 0.4) is 0 Å². The highest BCUT2D eigenvalue weighted by atomic mass is 35.5. The van der Waals surface area contributed by atoms with Crippen LogP contribution in [0.2, 0.25) is 10.0 Å². The standard InChI is InChI=1S/C25H17Cl2N5O2/c1-15-29-30-25(34-15)22-14-23(16-6-8-17(26)9-7-16)32(31-22)19-12-10-18(11-13-19)28-24(33)20-4-2-3-5-21(20)27/h2-14H,1H3,(H,28,33). The van der Waals surface area contributed by atoms with Crippen molar-refractivity contribution in [3.8, 4) is 28.5 Å². The molecular formula is C25H17Cl2N5O2. The fourth-order valence-electron chi connectivity index (χ4n) is 3.44. The molecule has 0 spiro atoms. The van der Waals surface area contributed by atoms with E-state index in [1.54, 1.807) is 48.0 Å². The topological polar surface area (TPSA) is 85.8 Å². The smallest absolute Gasteiger partial charge is 0.268 e. The van der Waals surface area contributed by atoms with Gasteiger partial charge in [0.05, 0.1) is 22.0 Å². The molecule has 5 aromatic rings. The molecule has 0 radical (unpaired) electrons. The lowest BCUT2D eigenvalue weighted by molar-refractivity contribution is 0.102. The van der Waals surface area contributed by atoms with Crippen molar-refractivity contribution in [2.75, 3.05) is 5.32 Å². The maximum absolute atomic E-state index is 12.6. The fourth-order valence-corrected chi connectivity index (χ4v) is 3.79. The molecule has 0 aliphatic carbocycles. The highest BCUT2D eigenvalue weighted by Crippen LogP contribution is 2.29. The first-order chi connectivity index (χ1) is 16.5. The van der Waals surface area contributed by atoms with Gasteiger partial charge < -0.3 is 9.73 Å². The Bertz CT molecular complexity index is 1470. The molecule has 0 fully saturated rings. The average Bonchev–Trinajstić information content (AvgIpc) is 3.47. The predicted molar refractivity (Wildman–Crippen MR) is 131 cm³/mol. The van der Waals surface area contributed by atoms with E-state index in [0.29, 0.717) is 38.8 Å². The quantitative estimate of drug-likeness (QED) is 0.306. The number of aromatic nitrogens is 4. The van der Waals surface area contributed by atoms with Gasteiger partial charge in [-0.2, -0.15) is 5.10 Å². The van der Waals surface area contributed by atoms with Crippen LogP contribution in [0, 0.1) is 6.92 Å². The summed E-state index contributed by atoms with van der Waals surface area (Å²) in [5, 5.41) is 16.6. The molecule has 0 atom stereocenters. The van der Waals surface area contributed by atoms with E-state index in [9.17, 15) is 4.79 Å². The summed E-state index contributed by atoms with van der Waals surface area (Å²) in [5.41, 5.74) is 4.09. The van der Waals surface area contributed by atoms with Gasteiger partial charge in [0, 0.05) is 23.2 Å². The van der Waals surface area contributed by atoms with Gasteiger partial charge in [-0.3, -0.25) is 4.79 Å². The van der Waals surface area contributed by atoms with Crippen LogP contribution >= 0.6 is 23.2 Å². The van der Waals surface area contributed by atoms with Crippen LogP contribution in [0.15, 0.2) is 83.3 Å². The van der Waals surface area contributed by atoms with E-state index < -0.39 is 0 Å². The van der Waals surface area contributed by atoms with Crippen molar-refractivity contribution in [3.63, 3.8) is 0 Å². The Hall–Kier alpha value is -3.94. The summed E-state index contributed by atoms with van der Waals surface area (Å²) in [6.45, 7) is 1.73. The SMILES string of the molecule is Cc1nnc(-c2cc(-c3ccc(Cl)cc3)n(-c3ccc(NC(=O)c4ccccc4Cl)cc3)n2)o1. The van der Waals surface area contributed by atoms with Gasteiger partial charge in [0.25, 0.3) is 11.8 Å². The summed E-state index contributed by atoms with van der Waals surface area (Å²) >= 11 is 12.2. The van der Waals surface area contributed by atoms with E-state index in [4.69, 9.17) is 32.7 Å². The van der Waals surface area contributed by atoms with E-state index >= 15 is 0 Å². The molecule has 34 heavy (non-hydrogen) atoms. The first-order valence-electron chi connectivity index (χ1n) is 10.3. The first-order valence-corrected chi connectivity index (χ1v) is 11.1. The molecule has 7 nitrogen and oxygen atoms in total. The first kappa shape index (κ1) is 21.9. The maximum Gasteiger partial charge on any atom is 0.268 e. The van der Waals surface area contributed by atoms with Gasteiger partial charge in [-0.05, 0) is 54.6 Å². The maximum atomic E-state index is 12.6. The predicted octanol–water partition coefficient (Wildman–Crippen LogP) is 6.46. The Morgan fingerprint density at radius 1 is 0.941 bits per heavy atom. The monoisotopic (exact) mass is 489 g/mol. The van der Waals surface area contributed by atoms with E-state index in [1.165, 1.54) is 0 Å². The molecule has 0 saturated carbocycles. The molecule has 9 heteroatoms. The summed E-state index contributed by atoms with van der Waals surface area (Å²) in [6.07, 6.45) is 0. The van der Waals surface area contributed by atoms with Gasteiger partial charge in [0.2, 0.25) is 5.89 Å². The Balaban J connectivity index is 1.48. The zero-order chi connectivity index (χ0) is 23.7. The highest BCUT2D eigenvalue weighted by molar-refractivity contribution is 6.34. The second-order valence-corrected chi connectivity index (χ2v) is 8.28. The number of amides is 1. The van der Waals surface area contributed by atoms with E-state index in [-0.39, 0.29) is 5.91 Å². The number of hydrogen-bond donors (Lipinski definition) is 1. The molecule has 0 aliphatic rings. The Morgan fingerprint density at radius 2 is 1.68 bits per heavy atom. The van der Waals surface area contributed by atoms with Crippen LogP contribution in [0.4, 0.5) is 5.69 Å². The lowest BCUT2D eigenvalue weighted by atomic mass is 10.1. The molecule has 0 bridgehead atoms. The summed E-state index contributed by atoms with van der Waals surface area (Å²) < 4.78 is 7.34. The van der Waals surface area contributed by atoms with Gasteiger partial charge in [-0.25, -0.2) is 4.68 Å². The summed E-state index contributed by atoms with van der Waals surface area (Å²) in [4.78, 5) is 12.6. The number of halogens is 2. The molecule has 0 unspecified atom stereocenters. The van der Waals surface area contributed by atoms with Crippen LogP contribution in [0.25, 0.3) is 28.5 Å². The molecule has 3 aromatic carbocycles. The minimum absolute atomic E-state index is 0.284. The van der Waals surface area contributed by atoms with Crippen molar-refractivity contribution in [2.45, 2.75) is 6.92 Å². The summed E-state index contributed by atoms with van der Waals surface area (Å²) in [7, 11) is 0. The number of rotatable bonds is 5. The minimum Gasteiger partial charge on any atom is -0.420 e. The number of nitrogens with one attached hydrogen (secondary N) is 1. The zero-order valence-electron chi connectivity index (χ0n) is 17.9. The largest absolute Gasteiger partial charge is 0.420 e. The van der Waals surface area contributed by atoms with Gasteiger partial charge in [0.15, 0.2) is 5.69 Å². The van der Waals surface area contributed by atoms with E-state index in [0.717, 1.165) is 16.9 Å². The second kappa shape index (κ2) is 9.13. The molecule has 1 N–H and O–H groups in total. The molecule has 1 amide bonds. The van der Waals surface area contributed by atoms with E-state index in [1.807, 2.05) is 42.5 Å². The molecule has 0 saturated heterocycles. The minimum atomic E-state index is -0.284. The number of hydrogen-bond acceptors (Lipinski definition) is 5. The summed E-state index contributed by atoms with van der Waals surface area (Å²) in [6, 6.07) is 23.6. The van der Waals surface area contributed by atoms with Crippen LogP contribution in [0.5, 0.6) is 0 Å². The Labute approximate surface area is 205 Å². The van der Waals surface area contributed by atoms with Gasteiger partial charge in [-0.15, -0.1) is 10.2 Å². The van der Waals surface area contributed by atoms with Crippen molar-refractivity contribution in [2.24, 2.45) is 0 Å². The van der Waals surface area contributed by atoms with Crippen LogP contribution in [0.1, 0.15) is 16.2 Å². The van der Waals surface area contributed by atoms with Crippen molar-refractivity contribution >= 4 is 34.8 Å². The molecule has 168 valence electrons. The number of aryl methyl sites for hydroxylation is 1. The Kier molecular flexibility index (Phi) is 5.88. The van der Waals surface area contributed by atoms with Crippen molar-refractivity contribution < 1.29 is 9.21 Å². The number of carbonyl (C=O) groups excluding carboxylic acids is 1. The van der Waals surface area contributed by atoms with Crippen molar-refractivity contribution in [3.05, 3.63) is 100 Å². The third kappa shape index (κ3) is 4.44. The number of anilines is 1. The van der Waals surface area contributed by atoms with Crippen molar-refractivity contribution in [1.29, 1.82) is 0 Å². The Morgan fingerprint density at radius 3 is 2.35 bits per heavy atom. The highest BCUT2D eigenvalue weighted by Gasteiger charge is 2.17. The second-order valence-electron chi connectivity index (χ2n) is 7.44. The zero-order valence-corrected chi connectivity index (χ0v) is 19.4. The third-order valence-electron chi connectivity index (χ3n) is 5.08. The van der Waals surface area contributed by atoms with Gasteiger partial charge in [-0.1, -0.05) is 47.5 Å². The van der Waals surface area contributed by atoms with Crippen LogP contribution in [-0.4, -0.2) is 25.9 Å². The third-order valence-corrected chi connectivity index (χ3v) is 5.66. The molecule has 5 rings (SSSR count). The lowest BCUT2D eigenvalue weighted by Crippen LogP contribution is -2.12. The number of nitrogens with zero attached hydrogens (tertiary/aromatic N) is 4. The molecule has 2 aromatic heterocycles.